The second kappa shape index (κ2) is 28.9. The lowest BCUT2D eigenvalue weighted by Crippen LogP contribution is -2.12. The highest BCUT2D eigenvalue weighted by atomic mass is 79.9. The van der Waals surface area contributed by atoms with E-state index in [-0.39, 0.29) is 0 Å². The van der Waals surface area contributed by atoms with Crippen molar-refractivity contribution in [3.05, 3.63) is 453 Å². The summed E-state index contributed by atoms with van der Waals surface area (Å²) in [4.78, 5) is 2.55. The molecule has 6 heterocycles. The highest BCUT2D eigenvalue weighted by Gasteiger charge is 2.29. The molecule has 0 amide bonds. The highest BCUT2D eigenvalue weighted by Crippen LogP contribution is 2.53. The van der Waals surface area contributed by atoms with Crippen LogP contribution in [0.2, 0.25) is 0 Å². The Labute approximate surface area is 738 Å². The number of benzene rings is 22. The first kappa shape index (κ1) is 72.3. The molecule has 0 saturated carbocycles. The number of nitrogens with zero attached hydrogens (tertiary/aromatic N) is 5. The largest absolute Gasteiger partial charge is 0.355 e. The van der Waals surface area contributed by atoms with Crippen molar-refractivity contribution < 1.29 is 0 Å². The van der Waals surface area contributed by atoms with Gasteiger partial charge in [0.2, 0.25) is 0 Å². The molecule has 6 nitrogen and oxygen atoms in total. The van der Waals surface area contributed by atoms with Gasteiger partial charge >= 0.3 is 0 Å². The van der Waals surface area contributed by atoms with E-state index in [4.69, 9.17) is 0 Å². The predicted octanol–water partition coefficient (Wildman–Crippen LogP) is 33.8. The number of anilines is 5. The molecular weight excluding hydrogens is 1610 g/mol. The Morgan fingerprint density at radius 3 is 1.20 bits per heavy atom. The lowest BCUT2D eigenvalue weighted by Gasteiger charge is -2.29. The van der Waals surface area contributed by atoms with Gasteiger partial charge in [-0.15, -0.1) is 0 Å². The number of hydrogen-bond donors (Lipinski definition) is 1. The zero-order valence-electron chi connectivity index (χ0n) is 68.8. The summed E-state index contributed by atoms with van der Waals surface area (Å²) in [6.45, 7) is 0. The Balaban J connectivity index is 0.000000112. The van der Waals surface area contributed by atoms with Gasteiger partial charge in [-0.3, -0.25) is 0 Å². The van der Waals surface area contributed by atoms with E-state index in [1.165, 1.54) is 201 Å². The number of fused-ring (bicyclic) bond motifs is 24. The van der Waals surface area contributed by atoms with Gasteiger partial charge in [-0.1, -0.05) is 368 Å². The van der Waals surface area contributed by atoms with Crippen LogP contribution in [0.5, 0.6) is 0 Å². The van der Waals surface area contributed by atoms with Crippen LogP contribution < -0.4 is 10.2 Å². The first-order valence-corrected chi connectivity index (χ1v) is 44.4. The third-order valence-electron chi connectivity index (χ3n) is 26.7. The van der Waals surface area contributed by atoms with Gasteiger partial charge in [-0.2, -0.15) is 0 Å². The molecule has 0 spiro atoms. The van der Waals surface area contributed by atoms with Crippen LogP contribution in [-0.4, -0.2) is 17.9 Å². The van der Waals surface area contributed by atoms with E-state index in [1.807, 2.05) is 0 Å². The van der Waals surface area contributed by atoms with Gasteiger partial charge in [0.05, 0.1) is 66.5 Å². The number of para-hydroxylation sites is 6. The summed E-state index contributed by atoms with van der Waals surface area (Å²) in [5.74, 6) is 0. The van der Waals surface area contributed by atoms with E-state index in [0.29, 0.717) is 0 Å². The van der Waals surface area contributed by atoms with E-state index in [1.54, 1.807) is 0 Å². The molecular formula is C120H75BrN6. The molecule has 0 aliphatic heterocycles. The number of aromatic nitrogens is 4. The maximum atomic E-state index is 3.89. The number of nitrogens with one attached hydrogen (secondary N) is 1. The summed E-state index contributed by atoms with van der Waals surface area (Å²) in [6.07, 6.45) is 0. The average Bonchev–Trinajstić information content (AvgIpc) is 1.53. The minimum Gasteiger partial charge on any atom is -0.355 e. The Kier molecular flexibility index (Phi) is 16.5. The van der Waals surface area contributed by atoms with Crippen molar-refractivity contribution in [2.45, 2.75) is 0 Å². The molecule has 7 heteroatoms. The second-order valence-corrected chi connectivity index (χ2v) is 34.3. The van der Waals surface area contributed by atoms with Crippen LogP contribution in [0.1, 0.15) is 0 Å². The fourth-order valence-corrected chi connectivity index (χ4v) is 22.0. The highest BCUT2D eigenvalue weighted by molar-refractivity contribution is 9.10. The Hall–Kier alpha value is -16.3. The second-order valence-electron chi connectivity index (χ2n) is 33.5. The molecule has 0 aliphatic rings. The molecule has 0 bridgehead atoms. The fourth-order valence-electron chi connectivity index (χ4n) is 21.4. The van der Waals surface area contributed by atoms with E-state index in [0.717, 1.165) is 49.8 Å². The molecule has 0 atom stereocenters. The maximum absolute atomic E-state index is 3.89. The van der Waals surface area contributed by atoms with E-state index in [9.17, 15) is 0 Å². The topological polar surface area (TPSA) is 34.0 Å². The van der Waals surface area contributed by atoms with Gasteiger partial charge in [0.25, 0.3) is 0 Å². The van der Waals surface area contributed by atoms with Crippen LogP contribution in [0, 0.1) is 0 Å². The van der Waals surface area contributed by atoms with Gasteiger partial charge in [0, 0.05) is 119 Å². The Morgan fingerprint density at radius 2 is 0.622 bits per heavy atom. The molecule has 0 radical (unpaired) electrons. The van der Waals surface area contributed by atoms with Crippen molar-refractivity contribution in [3.63, 3.8) is 0 Å². The van der Waals surface area contributed by atoms with Crippen molar-refractivity contribution in [1.29, 1.82) is 0 Å². The standard InChI is InChI=1S/C60H37N3.C34H24N2.C26H14BrN/c1-3-16-38(17-4-1)44-24-11-12-30-51(44)62(43-33-34-49-54(37-43)61(42-22-5-2-6-23-42)53-35-32-39-18-7-9-25-45(39)57(49)53)55-36-41-19-8-10-26-46(41)60-58(55)50-29-15-28-48-47-27-13-20-40-21-14-31-52(56(40)47)63(60)59(48)50;1-3-11-24(12-4-1)28-16-9-10-18-31(28)35-26-20-21-30-33(23-26)36(27-14-5-2-6-15-27)32-22-19-25-13-7-8-17-29(25)34(30)32;27-21-14-16-6-1-2-9-17(16)26-24(21)20-12-5-11-19-18-10-3-7-15-8-4-13-22(23(15)18)28(26)25(19)20/h1-37H;1-23,35H;1-14H. The van der Waals surface area contributed by atoms with Gasteiger partial charge in [0.1, 0.15) is 0 Å². The normalized spacial score (nSPS) is 12.0. The Morgan fingerprint density at radius 1 is 0.213 bits per heavy atom. The molecule has 592 valence electrons. The summed E-state index contributed by atoms with van der Waals surface area (Å²) in [6, 6.07) is 163. The monoisotopic (exact) mass is 1680 g/mol. The minimum atomic E-state index is 1.06. The predicted molar refractivity (Wildman–Crippen MR) is 545 cm³/mol. The zero-order valence-corrected chi connectivity index (χ0v) is 70.4. The number of pyridine rings is 2. The van der Waals surface area contributed by atoms with Gasteiger partial charge in [-0.25, -0.2) is 0 Å². The van der Waals surface area contributed by atoms with Crippen molar-refractivity contribution in [2.75, 3.05) is 10.2 Å². The molecule has 1 N–H and O–H groups in total. The lowest BCUT2D eigenvalue weighted by molar-refractivity contribution is 1.18. The summed E-state index contributed by atoms with van der Waals surface area (Å²) in [5, 5.41) is 34.2. The minimum absolute atomic E-state index is 1.06. The SMILES string of the molecule is Brc1cc2ccccc2c2c1c1cccc3c4cccc5cccc(c54)n2c31.c1ccc(-c2ccccc2N(c2ccc3c4c5ccccc5ccc4n(-c4ccccc4)c3c2)c2cc3ccccc3c3c2c2cccc4c5cccc6cccc(c65)n3c42)cc1.c1ccc(-c2ccccc2Nc2ccc3c4c5ccccc5ccc4n(-c4ccccc4)c3c2)cc1. The summed E-state index contributed by atoms with van der Waals surface area (Å²) in [5.41, 5.74) is 24.8. The van der Waals surface area contributed by atoms with Crippen LogP contribution in [0.4, 0.5) is 28.4 Å². The van der Waals surface area contributed by atoms with Crippen LogP contribution in [0.3, 0.4) is 0 Å². The first-order chi connectivity index (χ1) is 63.0. The summed E-state index contributed by atoms with van der Waals surface area (Å²) >= 11 is 3.89. The summed E-state index contributed by atoms with van der Waals surface area (Å²) in [7, 11) is 0. The average molecular weight is 1680 g/mol. The third kappa shape index (κ3) is 11.2. The number of halogens is 1. The van der Waals surface area contributed by atoms with Crippen LogP contribution in [-0.2, 0) is 0 Å². The smallest absolute Gasteiger partial charge is 0.0641 e. The molecule has 6 aromatic heterocycles. The Bertz CT molecular complexity index is 9320. The van der Waals surface area contributed by atoms with Crippen molar-refractivity contribution >= 4 is 229 Å². The van der Waals surface area contributed by atoms with Crippen LogP contribution >= 0.6 is 15.9 Å². The zero-order chi connectivity index (χ0) is 83.5. The maximum Gasteiger partial charge on any atom is 0.0641 e. The van der Waals surface area contributed by atoms with E-state index >= 15 is 0 Å². The van der Waals surface area contributed by atoms with Crippen molar-refractivity contribution in [2.24, 2.45) is 0 Å². The fraction of sp³-hybridized carbons (Fsp3) is 0. The van der Waals surface area contributed by atoms with Crippen LogP contribution in [0.25, 0.3) is 218 Å². The van der Waals surface area contributed by atoms with Crippen molar-refractivity contribution in [3.8, 4) is 33.6 Å². The molecule has 0 unspecified atom stereocenters. The first-order valence-electron chi connectivity index (χ1n) is 43.6. The quantitative estimate of drug-likeness (QED) is 0.115. The van der Waals surface area contributed by atoms with Crippen molar-refractivity contribution in [1.82, 2.24) is 17.9 Å². The molecule has 22 aromatic carbocycles. The molecule has 127 heavy (non-hydrogen) atoms. The molecule has 0 fully saturated rings. The van der Waals surface area contributed by atoms with Crippen LogP contribution in [0.15, 0.2) is 453 Å². The lowest BCUT2D eigenvalue weighted by atomic mass is 9.98. The molecule has 0 aliphatic carbocycles. The number of rotatable bonds is 9. The molecule has 28 rings (SSSR count). The molecule has 28 aromatic rings. The van der Waals surface area contributed by atoms with E-state index < -0.39 is 0 Å². The summed E-state index contributed by atoms with van der Waals surface area (Å²) < 4.78 is 11.1. The number of hydrogen-bond acceptors (Lipinski definition) is 2. The molecule has 0 saturated heterocycles. The van der Waals surface area contributed by atoms with Gasteiger partial charge in [-0.05, 0) is 162 Å². The van der Waals surface area contributed by atoms with E-state index in [2.05, 4.69) is 493 Å². The van der Waals surface area contributed by atoms with Gasteiger partial charge < -0.3 is 28.2 Å². The van der Waals surface area contributed by atoms with Gasteiger partial charge in [0.15, 0.2) is 0 Å². The third-order valence-corrected chi connectivity index (χ3v) is 27.3.